The summed E-state index contributed by atoms with van der Waals surface area (Å²) in [6.07, 6.45) is -4.64. The largest absolute Gasteiger partial charge is 0.392 e. The number of nitrogens with one attached hydrogen (secondary N) is 7. The van der Waals surface area contributed by atoms with Crippen LogP contribution in [0, 0.1) is 29.6 Å². The van der Waals surface area contributed by atoms with Crippen LogP contribution in [0.5, 0.6) is 0 Å². The molecule has 3 aromatic rings. The summed E-state index contributed by atoms with van der Waals surface area (Å²) in [5, 5.41) is 64.4. The summed E-state index contributed by atoms with van der Waals surface area (Å²) in [6, 6.07) is 19.5. The number of carbonyl (C=O) groups excluding carboxylic acids is 8. The van der Waals surface area contributed by atoms with Crippen molar-refractivity contribution >= 4 is 47.3 Å². The zero-order valence-corrected chi connectivity index (χ0v) is 46.9. The molecule has 8 amide bonds. The Kier molecular flexibility index (Phi) is 25.0. The highest BCUT2D eigenvalue weighted by atomic mass is 16.3. The van der Waals surface area contributed by atoms with Crippen molar-refractivity contribution in [3.8, 4) is 0 Å². The zero-order chi connectivity index (χ0) is 58.6. The van der Waals surface area contributed by atoms with Crippen LogP contribution in [0.2, 0.25) is 0 Å². The lowest BCUT2D eigenvalue weighted by Gasteiger charge is -2.32. The van der Waals surface area contributed by atoms with Crippen molar-refractivity contribution in [2.45, 2.75) is 154 Å². The molecule has 2 heterocycles. The second-order valence-electron chi connectivity index (χ2n) is 22.0. The van der Waals surface area contributed by atoms with E-state index < -0.39 is 145 Å². The Balaban J connectivity index is 1.52. The molecular weight excluding hydrogens is 1030 g/mol. The fourth-order valence-electron chi connectivity index (χ4n) is 10.1. The predicted molar refractivity (Wildman–Crippen MR) is 299 cm³/mol. The Hall–Kier alpha value is -6.78. The Morgan fingerprint density at radius 3 is 1.41 bits per heavy atom. The van der Waals surface area contributed by atoms with Gasteiger partial charge in [0.05, 0.1) is 36.3 Å². The molecule has 14 atom stereocenters. The van der Waals surface area contributed by atoms with Gasteiger partial charge in [0.15, 0.2) is 0 Å². The highest BCUT2D eigenvalue weighted by Gasteiger charge is 2.41. The van der Waals surface area contributed by atoms with Gasteiger partial charge in [-0.1, -0.05) is 133 Å². The molecule has 0 unspecified atom stereocenters. The molecule has 3 aromatic carbocycles. The topological polar surface area (TPSA) is 331 Å². The van der Waals surface area contributed by atoms with Gasteiger partial charge in [0.25, 0.3) is 0 Å². The average molecular weight is 1110 g/mol. The van der Waals surface area contributed by atoms with E-state index >= 15 is 0 Å². The maximum absolute atomic E-state index is 15.0. The van der Waals surface area contributed by atoms with Crippen LogP contribution in [0.4, 0.5) is 0 Å². The van der Waals surface area contributed by atoms with E-state index in [9.17, 15) is 58.8 Å². The first-order valence-corrected chi connectivity index (χ1v) is 28.0. The summed E-state index contributed by atoms with van der Waals surface area (Å²) in [6.45, 7) is 9.00. The number of β-amino-alcohol motifs (C(OH)–C–C–N with tert-alkyl or cyclic N) is 2. The number of aliphatic hydroxyl groups is 4. The fraction of sp³-hybridized carbons (Fsp3) is 0.559. The number of aliphatic hydroxyl groups excluding tert-OH is 4. The quantitative estimate of drug-likeness (QED) is 0.122. The smallest absolute Gasteiger partial charge is 0.246 e. The van der Waals surface area contributed by atoms with Gasteiger partial charge >= 0.3 is 0 Å². The minimum atomic E-state index is -1.49. The molecule has 0 spiro atoms. The summed E-state index contributed by atoms with van der Waals surface area (Å²) >= 11 is 0. The lowest BCUT2D eigenvalue weighted by atomic mass is 9.87. The molecule has 0 bridgehead atoms. The molecule has 5 rings (SSSR count). The lowest BCUT2D eigenvalue weighted by molar-refractivity contribution is -0.142. The molecule has 0 saturated carbocycles. The third-order valence-electron chi connectivity index (χ3n) is 15.4. The van der Waals surface area contributed by atoms with Crippen molar-refractivity contribution in [3.63, 3.8) is 0 Å². The second kappa shape index (κ2) is 31.3. The molecule has 2 fully saturated rings. The van der Waals surface area contributed by atoms with E-state index in [4.69, 9.17) is 5.73 Å². The second-order valence-corrected chi connectivity index (χ2v) is 22.0. The van der Waals surface area contributed by atoms with Gasteiger partial charge in [0, 0.05) is 50.7 Å². The molecule has 21 heteroatoms. The van der Waals surface area contributed by atoms with Gasteiger partial charge in [-0.3, -0.25) is 38.4 Å². The van der Waals surface area contributed by atoms with Gasteiger partial charge in [0.1, 0.15) is 36.3 Å². The van der Waals surface area contributed by atoms with Crippen LogP contribution in [-0.2, 0) is 57.6 Å². The summed E-state index contributed by atoms with van der Waals surface area (Å²) in [5.41, 5.74) is 7.89. The van der Waals surface area contributed by atoms with E-state index in [2.05, 4.69) is 37.2 Å². The van der Waals surface area contributed by atoms with Gasteiger partial charge in [-0.25, -0.2) is 0 Å². The molecule has 0 aromatic heterocycles. The first-order valence-electron chi connectivity index (χ1n) is 28.0. The Bertz CT molecular complexity index is 2510. The molecule has 80 heavy (non-hydrogen) atoms. The summed E-state index contributed by atoms with van der Waals surface area (Å²) in [7, 11) is 0. The van der Waals surface area contributed by atoms with Crippen molar-refractivity contribution in [1.82, 2.24) is 42.1 Å². The van der Waals surface area contributed by atoms with E-state index in [1.165, 1.54) is 32.6 Å². The van der Waals surface area contributed by atoms with E-state index in [1.807, 2.05) is 13.8 Å². The van der Waals surface area contributed by atoms with Crippen LogP contribution in [0.3, 0.4) is 0 Å². The molecule has 0 radical (unpaired) electrons. The highest BCUT2D eigenvalue weighted by Crippen LogP contribution is 2.23. The minimum Gasteiger partial charge on any atom is -0.392 e. The van der Waals surface area contributed by atoms with Crippen LogP contribution < -0.4 is 43.0 Å². The van der Waals surface area contributed by atoms with Crippen LogP contribution in [-0.4, -0.2) is 159 Å². The van der Waals surface area contributed by atoms with Crippen LogP contribution in [0.1, 0.15) is 90.3 Å². The fourth-order valence-corrected chi connectivity index (χ4v) is 10.1. The molecule has 21 nitrogen and oxygen atoms in total. The van der Waals surface area contributed by atoms with E-state index in [0.29, 0.717) is 23.1 Å². The van der Waals surface area contributed by atoms with Gasteiger partial charge in [-0.05, 0) is 61.3 Å². The summed E-state index contributed by atoms with van der Waals surface area (Å²) in [4.78, 5) is 116. The lowest BCUT2D eigenvalue weighted by Crippen LogP contribution is -2.60. The molecule has 0 aliphatic carbocycles. The Labute approximate surface area is 469 Å². The molecule has 2 aliphatic heterocycles. The Morgan fingerprint density at radius 2 is 0.912 bits per heavy atom. The maximum atomic E-state index is 15.0. The number of carbonyl (C=O) groups is 8. The molecule has 2 saturated heterocycles. The SMILES string of the molecule is CC(C)C[C@@H]1NC(=O)[C@H](CCCN)NC(=O)[C@@H](C)[C@@H](O)[C@@H](C)[C@H](O)CNC(=O)[C@@H](C)[C@H](O)[C@@H](C)[C@H](O)CNC(=O)[C@@H](Cc2ccccc2)NC(=O)[C@H](Cc2ccccc2)NC(=O)[C@@H]2CCCN2C(=O)[C@@H](Cc2ccccc2)NC1=O. The number of amides is 8. The maximum Gasteiger partial charge on any atom is 0.246 e. The first kappa shape index (κ1) is 64.0. The van der Waals surface area contributed by atoms with Crippen molar-refractivity contribution in [2.75, 3.05) is 26.2 Å². The monoisotopic (exact) mass is 1110 g/mol. The summed E-state index contributed by atoms with van der Waals surface area (Å²) in [5.74, 6) is -9.99. The van der Waals surface area contributed by atoms with Crippen LogP contribution >= 0.6 is 0 Å². The number of benzene rings is 3. The highest BCUT2D eigenvalue weighted by molar-refractivity contribution is 5.97. The van der Waals surface area contributed by atoms with Crippen molar-refractivity contribution in [2.24, 2.45) is 35.3 Å². The number of hydrogen-bond acceptors (Lipinski definition) is 13. The summed E-state index contributed by atoms with van der Waals surface area (Å²) < 4.78 is 0. The molecule has 13 N–H and O–H groups in total. The van der Waals surface area contributed by atoms with Crippen molar-refractivity contribution < 1.29 is 58.8 Å². The number of nitrogens with two attached hydrogens (primary N) is 1. The average Bonchev–Trinajstić information content (AvgIpc) is 3.95. The first-order chi connectivity index (χ1) is 38.1. The van der Waals surface area contributed by atoms with Crippen LogP contribution in [0.15, 0.2) is 91.0 Å². The van der Waals surface area contributed by atoms with Gasteiger partial charge in [-0.15, -0.1) is 0 Å². The number of nitrogens with zero attached hydrogens (tertiary/aromatic N) is 1. The van der Waals surface area contributed by atoms with E-state index in [-0.39, 0.29) is 64.0 Å². The van der Waals surface area contributed by atoms with Crippen LogP contribution in [0.25, 0.3) is 0 Å². The van der Waals surface area contributed by atoms with Crippen molar-refractivity contribution in [3.05, 3.63) is 108 Å². The van der Waals surface area contributed by atoms with E-state index in [1.54, 1.807) is 91.0 Å². The van der Waals surface area contributed by atoms with Gasteiger partial charge in [-0.2, -0.15) is 0 Å². The zero-order valence-electron chi connectivity index (χ0n) is 46.9. The minimum absolute atomic E-state index is 0.000495. The Morgan fingerprint density at radius 1 is 0.512 bits per heavy atom. The number of hydrogen-bond donors (Lipinski definition) is 12. The van der Waals surface area contributed by atoms with E-state index in [0.717, 1.165) is 0 Å². The predicted octanol–water partition coefficient (Wildman–Crippen LogP) is 0.149. The van der Waals surface area contributed by atoms with Crippen molar-refractivity contribution in [1.29, 1.82) is 0 Å². The third-order valence-corrected chi connectivity index (χ3v) is 15.4. The number of rotatable bonds is 11. The number of fused-ring (bicyclic) bond motifs is 1. The standard InChI is InChI=1S/C59H85N9O12/c1-34(2)28-43-56(77)67-46(31-41-22-14-9-15-23-41)59(80)68-27-17-25-47(68)58(79)66-45(30-40-20-12-8-13-21-40)57(78)65-44(29-39-18-10-7-11-19-39)54(75)62-33-49(70)35(3)50(71)37(5)52(73)61-32-48(69)36(4)51(72)38(6)53(74)63-42(24-16-26-60)55(76)64-43/h7-15,18-23,34-38,42-51,69-72H,16-17,24-33,60H2,1-6H3,(H,61,73)(H,62,75)(H,63,74)(H,64,76)(H,65,78)(H,66,79)(H,67,77)/t35-,36-,37-,38-,42-,43-,44+,45-,46+,47-,48+,49+,50+,51-/m0/s1. The van der Waals surface area contributed by atoms with Gasteiger partial charge in [0.2, 0.25) is 47.3 Å². The third kappa shape index (κ3) is 18.7. The normalized spacial score (nSPS) is 30.0. The molecule has 2 aliphatic rings. The molecular formula is C59H85N9O12. The van der Waals surface area contributed by atoms with Gasteiger partial charge < -0.3 is 68.3 Å². The molecule has 438 valence electrons.